The first kappa shape index (κ1) is 31.5. The van der Waals surface area contributed by atoms with Gasteiger partial charge in [-0.05, 0) is 80.3 Å². The van der Waals surface area contributed by atoms with Crippen molar-refractivity contribution in [2.45, 2.75) is 102 Å². The molecule has 3 aliphatic rings. The number of amides is 1. The lowest BCUT2D eigenvalue weighted by molar-refractivity contribution is -0.131. The Balaban J connectivity index is 1.35. The van der Waals surface area contributed by atoms with E-state index >= 15 is 0 Å². The normalized spacial score (nSPS) is 23.2. The van der Waals surface area contributed by atoms with E-state index in [0.717, 1.165) is 70.7 Å². The van der Waals surface area contributed by atoms with Crippen molar-refractivity contribution in [2.75, 3.05) is 45.8 Å². The Labute approximate surface area is 258 Å². The molecule has 0 N–H and O–H groups in total. The summed E-state index contributed by atoms with van der Waals surface area (Å²) in [5, 5.41) is 0.333. The summed E-state index contributed by atoms with van der Waals surface area (Å²) < 4.78 is 14.6. The van der Waals surface area contributed by atoms with Crippen molar-refractivity contribution in [3.63, 3.8) is 0 Å². The van der Waals surface area contributed by atoms with Gasteiger partial charge in [-0.2, -0.15) is 0 Å². The molecule has 2 aromatic carbocycles. The van der Waals surface area contributed by atoms with Crippen LogP contribution in [0.1, 0.15) is 93.9 Å². The molecule has 0 unspecified atom stereocenters. The monoisotopic (exact) mass is 595 g/mol. The molecule has 5 rings (SSSR count). The third-order valence-electron chi connectivity index (χ3n) is 10.6. The number of hydrogen-bond donors (Lipinski definition) is 0. The summed E-state index contributed by atoms with van der Waals surface area (Å²) >= 11 is 6.33. The quantitative estimate of drug-likeness (QED) is 0.301. The van der Waals surface area contributed by atoms with Gasteiger partial charge >= 0.3 is 0 Å². The molecule has 4 nitrogen and oxygen atoms in total. The van der Waals surface area contributed by atoms with Gasteiger partial charge in [-0.3, -0.25) is 9.69 Å². The minimum absolute atomic E-state index is 0.0136. The maximum atomic E-state index is 14.6. The third kappa shape index (κ3) is 7.39. The fourth-order valence-electron chi connectivity index (χ4n) is 7.85. The predicted molar refractivity (Wildman–Crippen MR) is 172 cm³/mol. The zero-order valence-electron chi connectivity index (χ0n) is 26.0. The van der Waals surface area contributed by atoms with Crippen LogP contribution in [0.3, 0.4) is 0 Å². The second kappa shape index (κ2) is 14.7. The molecular formula is C36H51ClFN3O. The minimum Gasteiger partial charge on any atom is -0.342 e. The van der Waals surface area contributed by atoms with Gasteiger partial charge in [-0.1, -0.05) is 75.4 Å². The first-order valence-electron chi connectivity index (χ1n) is 16.7. The summed E-state index contributed by atoms with van der Waals surface area (Å²) in [5.41, 5.74) is 4.43. The second-order valence-corrected chi connectivity index (χ2v) is 13.4. The van der Waals surface area contributed by atoms with Gasteiger partial charge < -0.3 is 9.80 Å². The van der Waals surface area contributed by atoms with Crippen LogP contribution >= 0.6 is 11.6 Å². The van der Waals surface area contributed by atoms with Crippen molar-refractivity contribution >= 4 is 17.5 Å². The molecule has 2 aliphatic heterocycles. The molecule has 1 atom stereocenters. The number of hydrogen-bond acceptors (Lipinski definition) is 3. The SMILES string of the molecule is CCc1ccc([C@@]2(CCN3CCN(C4CCCCC4)CC3)CCCCN(C(=O)Cc3c(F)cccc3Cl)C2)cc1CC. The van der Waals surface area contributed by atoms with Gasteiger partial charge in [0.05, 0.1) is 6.42 Å². The van der Waals surface area contributed by atoms with Gasteiger partial charge in [0.2, 0.25) is 5.91 Å². The number of carbonyl (C=O) groups is 1. The molecule has 0 aromatic heterocycles. The Kier molecular flexibility index (Phi) is 11.0. The zero-order valence-corrected chi connectivity index (χ0v) is 26.7. The van der Waals surface area contributed by atoms with Crippen molar-refractivity contribution in [1.29, 1.82) is 0 Å². The van der Waals surface area contributed by atoms with Gasteiger partial charge in [0.25, 0.3) is 0 Å². The molecule has 6 heteroatoms. The van der Waals surface area contributed by atoms with Crippen molar-refractivity contribution in [1.82, 2.24) is 14.7 Å². The fourth-order valence-corrected chi connectivity index (χ4v) is 8.08. The summed E-state index contributed by atoms with van der Waals surface area (Å²) in [6.07, 6.45) is 13.2. The standard InChI is InChI=1S/C36H51ClFN3O/c1-3-28-15-16-30(25-29(28)4-2)36(18-20-39-21-23-40(24-22-39)31-11-6-5-7-12-31)17-8-9-19-41(27-36)35(42)26-32-33(37)13-10-14-34(32)38/h10,13-16,25,31H,3-9,11-12,17-24,26-27H2,1-2H3/t36-/m1/s1. The predicted octanol–water partition coefficient (Wildman–Crippen LogP) is 7.44. The number of rotatable bonds is 9. The van der Waals surface area contributed by atoms with E-state index < -0.39 is 5.82 Å². The van der Waals surface area contributed by atoms with E-state index in [0.29, 0.717) is 17.1 Å². The van der Waals surface area contributed by atoms with E-state index in [9.17, 15) is 9.18 Å². The van der Waals surface area contributed by atoms with Crippen molar-refractivity contribution in [3.05, 3.63) is 69.5 Å². The largest absolute Gasteiger partial charge is 0.342 e. The van der Waals surface area contributed by atoms with Crippen molar-refractivity contribution in [3.8, 4) is 0 Å². The van der Waals surface area contributed by atoms with Crippen LogP contribution in [-0.2, 0) is 29.5 Å². The van der Waals surface area contributed by atoms with Gasteiger partial charge in [0.15, 0.2) is 0 Å². The zero-order chi connectivity index (χ0) is 29.5. The van der Waals surface area contributed by atoms with E-state index in [1.165, 1.54) is 68.0 Å². The maximum absolute atomic E-state index is 14.6. The van der Waals surface area contributed by atoms with E-state index in [-0.39, 0.29) is 17.7 Å². The summed E-state index contributed by atoms with van der Waals surface area (Å²) in [5.74, 6) is -0.415. The Morgan fingerprint density at radius 2 is 1.69 bits per heavy atom. The lowest BCUT2D eigenvalue weighted by Gasteiger charge is -2.43. The van der Waals surface area contributed by atoms with Crippen molar-refractivity contribution < 1.29 is 9.18 Å². The number of piperazine rings is 1. The average molecular weight is 596 g/mol. The number of nitrogens with zero attached hydrogens (tertiary/aromatic N) is 3. The van der Waals surface area contributed by atoms with Gasteiger partial charge in [0, 0.05) is 61.3 Å². The van der Waals surface area contributed by atoms with E-state index in [1.807, 2.05) is 4.90 Å². The summed E-state index contributed by atoms with van der Waals surface area (Å²) in [6, 6.07) is 12.6. The second-order valence-electron chi connectivity index (χ2n) is 13.0. The van der Waals surface area contributed by atoms with Gasteiger partial charge in [-0.25, -0.2) is 4.39 Å². The van der Waals surface area contributed by atoms with Crippen LogP contribution < -0.4 is 0 Å². The van der Waals surface area contributed by atoms with Crippen LogP contribution in [0.5, 0.6) is 0 Å². The Morgan fingerprint density at radius 3 is 2.40 bits per heavy atom. The molecule has 42 heavy (non-hydrogen) atoms. The molecule has 2 aromatic rings. The topological polar surface area (TPSA) is 26.8 Å². The maximum Gasteiger partial charge on any atom is 0.227 e. The van der Waals surface area contributed by atoms with E-state index in [4.69, 9.17) is 11.6 Å². The number of likely N-dealkylation sites (tertiary alicyclic amines) is 1. The Morgan fingerprint density at radius 1 is 0.929 bits per heavy atom. The Hall–Kier alpha value is -1.95. The molecule has 1 amide bonds. The number of halogens is 2. The highest BCUT2D eigenvalue weighted by Crippen LogP contribution is 2.39. The number of benzene rings is 2. The van der Waals surface area contributed by atoms with Gasteiger partial charge in [-0.15, -0.1) is 0 Å². The third-order valence-corrected chi connectivity index (χ3v) is 10.9. The molecule has 0 spiro atoms. The molecule has 2 saturated heterocycles. The molecule has 1 saturated carbocycles. The molecular weight excluding hydrogens is 545 g/mol. The summed E-state index contributed by atoms with van der Waals surface area (Å²) in [7, 11) is 0. The first-order valence-corrected chi connectivity index (χ1v) is 17.1. The lowest BCUT2D eigenvalue weighted by atomic mass is 9.72. The smallest absolute Gasteiger partial charge is 0.227 e. The number of carbonyl (C=O) groups excluding carboxylic acids is 1. The van der Waals surface area contributed by atoms with Crippen LogP contribution in [-0.4, -0.2) is 72.5 Å². The molecule has 0 bridgehead atoms. The summed E-state index contributed by atoms with van der Waals surface area (Å²) in [4.78, 5) is 21.2. The fraction of sp³-hybridized carbons (Fsp3) is 0.639. The minimum atomic E-state index is -0.396. The number of aryl methyl sites for hydroxylation is 2. The highest BCUT2D eigenvalue weighted by atomic mass is 35.5. The average Bonchev–Trinajstić information content (AvgIpc) is 3.26. The Bertz CT molecular complexity index is 1170. The molecule has 0 radical (unpaired) electrons. The lowest BCUT2D eigenvalue weighted by Crippen LogP contribution is -2.52. The van der Waals surface area contributed by atoms with Crippen LogP contribution in [0.15, 0.2) is 36.4 Å². The summed E-state index contributed by atoms with van der Waals surface area (Å²) in [6.45, 7) is 11.6. The first-order chi connectivity index (χ1) is 20.4. The molecule has 2 heterocycles. The van der Waals surface area contributed by atoms with Crippen LogP contribution in [0.2, 0.25) is 5.02 Å². The molecule has 230 valence electrons. The molecule has 3 fully saturated rings. The van der Waals surface area contributed by atoms with Crippen LogP contribution in [0, 0.1) is 5.82 Å². The van der Waals surface area contributed by atoms with Crippen LogP contribution in [0.25, 0.3) is 0 Å². The van der Waals surface area contributed by atoms with Crippen LogP contribution in [0.4, 0.5) is 4.39 Å². The molecule has 1 aliphatic carbocycles. The van der Waals surface area contributed by atoms with E-state index in [2.05, 4.69) is 41.8 Å². The van der Waals surface area contributed by atoms with Crippen molar-refractivity contribution in [2.24, 2.45) is 0 Å². The van der Waals surface area contributed by atoms with E-state index in [1.54, 1.807) is 12.1 Å². The van der Waals surface area contributed by atoms with Gasteiger partial charge in [0.1, 0.15) is 5.82 Å². The highest BCUT2D eigenvalue weighted by Gasteiger charge is 2.38. The highest BCUT2D eigenvalue weighted by molar-refractivity contribution is 6.31.